The van der Waals surface area contributed by atoms with Crippen LogP contribution in [0.3, 0.4) is 0 Å². The lowest BCUT2D eigenvalue weighted by atomic mass is 9.95. The van der Waals surface area contributed by atoms with E-state index < -0.39 is 0 Å². The van der Waals surface area contributed by atoms with Crippen molar-refractivity contribution in [2.75, 3.05) is 5.32 Å². The zero-order chi connectivity index (χ0) is 10.3. The molecule has 3 unspecified atom stereocenters. The van der Waals surface area contributed by atoms with Gasteiger partial charge in [-0.1, -0.05) is 6.42 Å². The van der Waals surface area contributed by atoms with E-state index in [-0.39, 0.29) is 0 Å². The van der Waals surface area contributed by atoms with E-state index in [9.17, 15) is 0 Å². The van der Waals surface area contributed by atoms with Gasteiger partial charge in [0.1, 0.15) is 0 Å². The van der Waals surface area contributed by atoms with Crippen molar-refractivity contribution in [3.05, 3.63) is 16.9 Å². The van der Waals surface area contributed by atoms with E-state index in [0.717, 1.165) is 22.3 Å². The highest BCUT2D eigenvalue weighted by molar-refractivity contribution is 9.10. The summed E-state index contributed by atoms with van der Waals surface area (Å²) in [5.74, 6) is 2.60. The van der Waals surface area contributed by atoms with Crippen LogP contribution in [0.5, 0.6) is 0 Å². The molecule has 0 radical (unpaired) electrons. The van der Waals surface area contributed by atoms with Gasteiger partial charge in [0.2, 0.25) is 5.95 Å². The summed E-state index contributed by atoms with van der Waals surface area (Å²) in [6, 6.07) is 0.616. The number of nitrogens with one attached hydrogen (secondary N) is 1. The standard InChI is InChI=1S/C11H14BrN3/c12-9-5-13-11(14-6-9)15-10-4-7-1-2-8(10)3-7/h5-8,10H,1-4H2,(H,13,14,15). The zero-order valence-corrected chi connectivity index (χ0v) is 10.1. The fraction of sp³-hybridized carbons (Fsp3) is 0.636. The van der Waals surface area contributed by atoms with E-state index >= 15 is 0 Å². The largest absolute Gasteiger partial charge is 0.351 e. The maximum atomic E-state index is 4.26. The number of aromatic nitrogens is 2. The molecule has 2 aliphatic carbocycles. The van der Waals surface area contributed by atoms with Gasteiger partial charge in [-0.15, -0.1) is 0 Å². The van der Waals surface area contributed by atoms with E-state index in [2.05, 4.69) is 31.2 Å². The Balaban J connectivity index is 1.68. The van der Waals surface area contributed by atoms with E-state index in [1.54, 1.807) is 12.4 Å². The van der Waals surface area contributed by atoms with Crippen molar-refractivity contribution in [1.29, 1.82) is 0 Å². The average molecular weight is 268 g/mol. The first-order chi connectivity index (χ1) is 7.31. The highest BCUT2D eigenvalue weighted by atomic mass is 79.9. The first-order valence-electron chi connectivity index (χ1n) is 5.55. The van der Waals surface area contributed by atoms with Crippen molar-refractivity contribution in [3.63, 3.8) is 0 Å². The third kappa shape index (κ3) is 1.87. The molecular formula is C11H14BrN3. The van der Waals surface area contributed by atoms with E-state index in [4.69, 9.17) is 0 Å². The third-order valence-corrected chi connectivity index (χ3v) is 4.08. The smallest absolute Gasteiger partial charge is 0.222 e. The van der Waals surface area contributed by atoms with Crippen molar-refractivity contribution in [2.24, 2.45) is 11.8 Å². The Labute approximate surface area is 97.8 Å². The van der Waals surface area contributed by atoms with Crippen LogP contribution in [-0.2, 0) is 0 Å². The number of hydrogen-bond acceptors (Lipinski definition) is 3. The van der Waals surface area contributed by atoms with Crippen molar-refractivity contribution >= 4 is 21.9 Å². The van der Waals surface area contributed by atoms with Crippen LogP contribution < -0.4 is 5.32 Å². The topological polar surface area (TPSA) is 37.8 Å². The predicted molar refractivity (Wildman–Crippen MR) is 62.6 cm³/mol. The normalized spacial score (nSPS) is 33.3. The van der Waals surface area contributed by atoms with Gasteiger partial charge in [-0.3, -0.25) is 0 Å². The fourth-order valence-corrected chi connectivity index (χ4v) is 3.18. The molecule has 15 heavy (non-hydrogen) atoms. The molecule has 1 aromatic heterocycles. The molecule has 0 aliphatic heterocycles. The number of fused-ring (bicyclic) bond motifs is 2. The molecule has 80 valence electrons. The van der Waals surface area contributed by atoms with Crippen molar-refractivity contribution in [1.82, 2.24) is 9.97 Å². The molecule has 1 N–H and O–H groups in total. The monoisotopic (exact) mass is 267 g/mol. The molecule has 3 atom stereocenters. The van der Waals surface area contributed by atoms with Gasteiger partial charge < -0.3 is 5.32 Å². The van der Waals surface area contributed by atoms with Crippen LogP contribution in [0, 0.1) is 11.8 Å². The lowest BCUT2D eigenvalue weighted by molar-refractivity contribution is 0.438. The van der Waals surface area contributed by atoms with Crippen LogP contribution in [0.25, 0.3) is 0 Å². The molecule has 2 fully saturated rings. The molecule has 2 saturated carbocycles. The zero-order valence-electron chi connectivity index (χ0n) is 8.49. The van der Waals surface area contributed by atoms with E-state index in [0.29, 0.717) is 6.04 Å². The van der Waals surface area contributed by atoms with Crippen LogP contribution in [0.4, 0.5) is 5.95 Å². The Morgan fingerprint density at radius 3 is 2.60 bits per heavy atom. The third-order valence-electron chi connectivity index (χ3n) is 3.67. The van der Waals surface area contributed by atoms with Crippen LogP contribution in [-0.4, -0.2) is 16.0 Å². The fourth-order valence-electron chi connectivity index (χ4n) is 2.97. The van der Waals surface area contributed by atoms with Gasteiger partial charge in [-0.05, 0) is 47.0 Å². The second kappa shape index (κ2) is 3.74. The van der Waals surface area contributed by atoms with Gasteiger partial charge in [-0.2, -0.15) is 0 Å². The maximum Gasteiger partial charge on any atom is 0.222 e. The second-order valence-corrected chi connectivity index (χ2v) is 5.57. The van der Waals surface area contributed by atoms with Crippen LogP contribution in [0.1, 0.15) is 25.7 Å². The van der Waals surface area contributed by atoms with Crippen molar-refractivity contribution < 1.29 is 0 Å². The molecule has 4 heteroatoms. The van der Waals surface area contributed by atoms with Crippen molar-refractivity contribution in [2.45, 2.75) is 31.7 Å². The SMILES string of the molecule is Brc1cnc(NC2CC3CCC2C3)nc1. The minimum atomic E-state index is 0.616. The molecule has 0 amide bonds. The molecule has 0 saturated heterocycles. The molecule has 0 aromatic carbocycles. The summed E-state index contributed by atoms with van der Waals surface area (Å²) in [4.78, 5) is 8.51. The Bertz CT molecular complexity index is 351. The van der Waals surface area contributed by atoms with Gasteiger partial charge in [0, 0.05) is 18.4 Å². The lowest BCUT2D eigenvalue weighted by Crippen LogP contribution is -2.26. The molecule has 1 aromatic rings. The predicted octanol–water partition coefficient (Wildman–Crippen LogP) is 2.84. The molecule has 1 heterocycles. The van der Waals surface area contributed by atoms with Crippen LogP contribution >= 0.6 is 15.9 Å². The molecule has 3 nitrogen and oxygen atoms in total. The molecule has 0 spiro atoms. The van der Waals surface area contributed by atoms with Crippen molar-refractivity contribution in [3.8, 4) is 0 Å². The Hall–Kier alpha value is -0.640. The van der Waals surface area contributed by atoms with Gasteiger partial charge in [0.25, 0.3) is 0 Å². The van der Waals surface area contributed by atoms with E-state index in [1.807, 2.05) is 0 Å². The van der Waals surface area contributed by atoms with Crippen LogP contribution in [0.2, 0.25) is 0 Å². The van der Waals surface area contributed by atoms with Crippen LogP contribution in [0.15, 0.2) is 16.9 Å². The summed E-state index contributed by atoms with van der Waals surface area (Å²) in [6.45, 7) is 0. The highest BCUT2D eigenvalue weighted by Crippen LogP contribution is 2.45. The first kappa shape index (κ1) is 9.58. The number of rotatable bonds is 2. The molecule has 2 bridgehead atoms. The summed E-state index contributed by atoms with van der Waals surface area (Å²) >= 11 is 3.34. The average Bonchev–Trinajstić information content (AvgIpc) is 2.83. The highest BCUT2D eigenvalue weighted by Gasteiger charge is 2.39. The quantitative estimate of drug-likeness (QED) is 0.896. The first-order valence-corrected chi connectivity index (χ1v) is 6.34. The second-order valence-electron chi connectivity index (χ2n) is 4.65. The lowest BCUT2D eigenvalue weighted by Gasteiger charge is -2.22. The number of hydrogen-bond donors (Lipinski definition) is 1. The Kier molecular flexibility index (Phi) is 2.39. The number of halogens is 1. The molecular weight excluding hydrogens is 254 g/mol. The molecule has 3 rings (SSSR count). The van der Waals surface area contributed by atoms with Gasteiger partial charge >= 0.3 is 0 Å². The minimum Gasteiger partial charge on any atom is -0.351 e. The summed E-state index contributed by atoms with van der Waals surface area (Å²) in [6.07, 6.45) is 9.13. The minimum absolute atomic E-state index is 0.616. The number of anilines is 1. The summed E-state index contributed by atoms with van der Waals surface area (Å²) < 4.78 is 0.931. The van der Waals surface area contributed by atoms with E-state index in [1.165, 1.54) is 25.7 Å². The Morgan fingerprint density at radius 2 is 2.00 bits per heavy atom. The number of nitrogens with zero attached hydrogens (tertiary/aromatic N) is 2. The van der Waals surface area contributed by atoms with Gasteiger partial charge in [-0.25, -0.2) is 9.97 Å². The maximum absolute atomic E-state index is 4.26. The molecule has 2 aliphatic rings. The van der Waals surface area contributed by atoms with Gasteiger partial charge in [0.15, 0.2) is 0 Å². The summed E-state index contributed by atoms with van der Waals surface area (Å²) in [5.41, 5.74) is 0. The summed E-state index contributed by atoms with van der Waals surface area (Å²) in [5, 5.41) is 3.46. The van der Waals surface area contributed by atoms with Gasteiger partial charge in [0.05, 0.1) is 4.47 Å². The summed E-state index contributed by atoms with van der Waals surface area (Å²) in [7, 11) is 0. The Morgan fingerprint density at radius 1 is 1.20 bits per heavy atom.